The van der Waals surface area contributed by atoms with Gasteiger partial charge in [-0.05, 0) is 37.0 Å². The van der Waals surface area contributed by atoms with Gasteiger partial charge >= 0.3 is 0 Å². The molecule has 170 valence electrons. The summed E-state index contributed by atoms with van der Waals surface area (Å²) < 4.78 is 0. The molecule has 0 radical (unpaired) electrons. The average molecular weight is 440 g/mol. The van der Waals surface area contributed by atoms with E-state index in [9.17, 15) is 4.79 Å². The smallest absolute Gasteiger partial charge is 0.223 e. The largest absolute Gasteiger partial charge is 0.369 e. The number of benzene rings is 3. The van der Waals surface area contributed by atoms with Crippen molar-refractivity contribution in [1.82, 2.24) is 4.90 Å². The van der Waals surface area contributed by atoms with Crippen molar-refractivity contribution in [3.63, 3.8) is 0 Å². The van der Waals surface area contributed by atoms with Crippen molar-refractivity contribution < 1.29 is 4.79 Å². The molecule has 4 rings (SSSR count). The number of hydrogen-bond donors (Lipinski definition) is 1. The van der Waals surface area contributed by atoms with Crippen LogP contribution in [-0.4, -0.2) is 28.7 Å². The van der Waals surface area contributed by atoms with Crippen LogP contribution in [0.5, 0.6) is 0 Å². The van der Waals surface area contributed by atoms with Gasteiger partial charge < -0.3 is 10.6 Å². The summed E-state index contributed by atoms with van der Waals surface area (Å²) in [5, 5.41) is 0. The first-order valence-corrected chi connectivity index (χ1v) is 11.7. The molecule has 3 aromatic rings. The quantitative estimate of drug-likeness (QED) is 0.480. The number of aliphatic imine (C=N–C) groups is 1. The van der Waals surface area contributed by atoms with E-state index in [1.807, 2.05) is 18.2 Å². The molecule has 0 saturated carbocycles. The number of amides is 1. The molecule has 0 aromatic heterocycles. The Labute approximate surface area is 197 Å². The first-order valence-electron chi connectivity index (χ1n) is 11.7. The lowest BCUT2D eigenvalue weighted by Crippen LogP contribution is -2.53. The lowest BCUT2D eigenvalue weighted by Gasteiger charge is -2.46. The van der Waals surface area contributed by atoms with Crippen LogP contribution in [0, 0.1) is 5.92 Å². The Morgan fingerprint density at radius 2 is 1.36 bits per heavy atom. The van der Waals surface area contributed by atoms with Gasteiger partial charge in [0.1, 0.15) is 5.54 Å². The summed E-state index contributed by atoms with van der Waals surface area (Å²) in [5.74, 6) is 0.321. The molecule has 0 aliphatic carbocycles. The lowest BCUT2D eigenvalue weighted by molar-refractivity contribution is -0.124. The average Bonchev–Trinajstić information content (AvgIpc) is 3.15. The van der Waals surface area contributed by atoms with Crippen LogP contribution in [0.15, 0.2) is 96.0 Å². The zero-order chi connectivity index (χ0) is 23.5. The molecular formula is C29H33N3O. The number of amidine groups is 1. The molecule has 0 bridgehead atoms. The standard InChI is InChI=1S/C29H33N3O/c1-4-14-26(27(30)33)28(3)21-32(22(2)31-28)29(23-15-8-5-9-16-23,24-17-10-6-11-18-24)25-19-12-7-13-20-25/h5-13,15-20,26H,4,14,21H2,1-3H3,(H2,30,33). The van der Waals surface area contributed by atoms with Crippen LogP contribution in [0.25, 0.3) is 0 Å². The van der Waals surface area contributed by atoms with Crippen molar-refractivity contribution in [3.8, 4) is 0 Å². The normalized spacial score (nSPS) is 19.2. The van der Waals surface area contributed by atoms with Crippen LogP contribution in [-0.2, 0) is 10.3 Å². The highest BCUT2D eigenvalue weighted by Gasteiger charge is 2.51. The van der Waals surface area contributed by atoms with E-state index in [2.05, 4.69) is 98.5 Å². The van der Waals surface area contributed by atoms with Crippen molar-refractivity contribution in [2.45, 2.75) is 44.7 Å². The van der Waals surface area contributed by atoms with Gasteiger partial charge in [-0.25, -0.2) is 0 Å². The number of carbonyl (C=O) groups is 1. The molecule has 0 fully saturated rings. The van der Waals surface area contributed by atoms with Gasteiger partial charge in [-0.15, -0.1) is 0 Å². The van der Waals surface area contributed by atoms with Gasteiger partial charge in [-0.2, -0.15) is 0 Å². The molecule has 1 aliphatic rings. The Hall–Kier alpha value is -3.40. The zero-order valence-electron chi connectivity index (χ0n) is 19.7. The van der Waals surface area contributed by atoms with E-state index in [1.54, 1.807) is 0 Å². The molecular weight excluding hydrogens is 406 g/mol. The molecule has 4 heteroatoms. The summed E-state index contributed by atoms with van der Waals surface area (Å²) in [5.41, 5.74) is 8.19. The fourth-order valence-corrected chi connectivity index (χ4v) is 5.50. The fourth-order valence-electron chi connectivity index (χ4n) is 5.50. The van der Waals surface area contributed by atoms with E-state index in [0.717, 1.165) is 35.4 Å². The van der Waals surface area contributed by atoms with E-state index in [-0.39, 0.29) is 11.8 Å². The van der Waals surface area contributed by atoms with E-state index in [0.29, 0.717) is 6.54 Å². The lowest BCUT2D eigenvalue weighted by atomic mass is 9.74. The van der Waals surface area contributed by atoms with Crippen molar-refractivity contribution in [2.75, 3.05) is 6.54 Å². The molecule has 1 heterocycles. The number of hydrogen-bond acceptors (Lipinski definition) is 3. The molecule has 33 heavy (non-hydrogen) atoms. The number of nitrogens with zero attached hydrogens (tertiary/aromatic N) is 2. The maximum absolute atomic E-state index is 12.5. The predicted octanol–water partition coefficient (Wildman–Crippen LogP) is 5.37. The second-order valence-electron chi connectivity index (χ2n) is 9.15. The van der Waals surface area contributed by atoms with Crippen molar-refractivity contribution in [3.05, 3.63) is 108 Å². The van der Waals surface area contributed by atoms with E-state index >= 15 is 0 Å². The molecule has 0 saturated heterocycles. The Morgan fingerprint density at radius 1 is 0.939 bits per heavy atom. The number of rotatable bonds is 8. The first-order chi connectivity index (χ1) is 15.9. The van der Waals surface area contributed by atoms with Gasteiger partial charge in [0.05, 0.1) is 17.3 Å². The summed E-state index contributed by atoms with van der Waals surface area (Å²) >= 11 is 0. The second kappa shape index (κ2) is 9.22. The molecule has 1 amide bonds. The Bertz CT molecular complexity index is 1010. The minimum atomic E-state index is -0.594. The molecule has 1 aliphatic heterocycles. The van der Waals surface area contributed by atoms with Crippen LogP contribution >= 0.6 is 0 Å². The van der Waals surface area contributed by atoms with Crippen molar-refractivity contribution in [1.29, 1.82) is 0 Å². The van der Waals surface area contributed by atoms with Crippen LogP contribution < -0.4 is 5.73 Å². The van der Waals surface area contributed by atoms with E-state index in [1.165, 1.54) is 0 Å². The molecule has 2 atom stereocenters. The highest BCUT2D eigenvalue weighted by molar-refractivity contribution is 5.87. The third kappa shape index (κ3) is 3.95. The zero-order valence-corrected chi connectivity index (χ0v) is 19.7. The predicted molar refractivity (Wildman–Crippen MR) is 135 cm³/mol. The summed E-state index contributed by atoms with van der Waals surface area (Å²) in [6.45, 7) is 6.82. The minimum Gasteiger partial charge on any atom is -0.369 e. The molecule has 3 aromatic carbocycles. The van der Waals surface area contributed by atoms with Gasteiger partial charge in [-0.3, -0.25) is 9.79 Å². The van der Waals surface area contributed by atoms with Crippen LogP contribution in [0.3, 0.4) is 0 Å². The van der Waals surface area contributed by atoms with Crippen molar-refractivity contribution >= 4 is 11.7 Å². The van der Waals surface area contributed by atoms with Gasteiger partial charge in [0.2, 0.25) is 5.91 Å². The summed E-state index contributed by atoms with van der Waals surface area (Å²) in [6.07, 6.45) is 1.62. The third-order valence-corrected chi connectivity index (χ3v) is 6.94. The van der Waals surface area contributed by atoms with E-state index < -0.39 is 11.1 Å². The summed E-state index contributed by atoms with van der Waals surface area (Å²) in [4.78, 5) is 20.0. The highest BCUT2D eigenvalue weighted by atomic mass is 16.1. The second-order valence-corrected chi connectivity index (χ2v) is 9.15. The monoisotopic (exact) mass is 439 g/mol. The van der Waals surface area contributed by atoms with Crippen LogP contribution in [0.2, 0.25) is 0 Å². The van der Waals surface area contributed by atoms with Gasteiger partial charge in [0.15, 0.2) is 0 Å². The maximum atomic E-state index is 12.5. The summed E-state index contributed by atoms with van der Waals surface area (Å²) in [7, 11) is 0. The van der Waals surface area contributed by atoms with Crippen LogP contribution in [0.1, 0.15) is 50.3 Å². The molecule has 2 unspecified atom stereocenters. The Balaban J connectivity index is 1.97. The minimum absolute atomic E-state index is 0.275. The van der Waals surface area contributed by atoms with Gasteiger partial charge in [-0.1, -0.05) is 104 Å². The van der Waals surface area contributed by atoms with Gasteiger partial charge in [0.25, 0.3) is 0 Å². The number of nitrogens with two attached hydrogens (primary N) is 1. The SMILES string of the molecule is CCCC(C(N)=O)C1(C)CN(C(c2ccccc2)(c2ccccc2)c2ccccc2)C(C)=N1. The molecule has 0 spiro atoms. The highest BCUT2D eigenvalue weighted by Crippen LogP contribution is 2.46. The Kier molecular flexibility index (Phi) is 6.37. The number of primary amides is 1. The van der Waals surface area contributed by atoms with Crippen LogP contribution in [0.4, 0.5) is 0 Å². The van der Waals surface area contributed by atoms with Crippen molar-refractivity contribution in [2.24, 2.45) is 16.6 Å². The molecule has 4 nitrogen and oxygen atoms in total. The molecule has 2 N–H and O–H groups in total. The summed E-state index contributed by atoms with van der Waals surface area (Å²) in [6, 6.07) is 31.7. The van der Waals surface area contributed by atoms with E-state index in [4.69, 9.17) is 10.7 Å². The Morgan fingerprint density at radius 3 is 1.73 bits per heavy atom. The fraction of sp³-hybridized carbons (Fsp3) is 0.310. The topological polar surface area (TPSA) is 58.7 Å². The maximum Gasteiger partial charge on any atom is 0.223 e. The number of carbonyl (C=O) groups excluding carboxylic acids is 1. The van der Waals surface area contributed by atoms with Gasteiger partial charge in [0, 0.05) is 6.54 Å². The third-order valence-electron chi connectivity index (χ3n) is 6.94. The first kappa shape index (κ1) is 22.8.